The SMILES string of the molecule is Cc1nnc2n1CCN(C(=O)c1ccc(-c3ccccc3F)s1)C2. The summed E-state index contributed by atoms with van der Waals surface area (Å²) in [5, 5.41) is 8.17. The summed E-state index contributed by atoms with van der Waals surface area (Å²) in [5.41, 5.74) is 0.524. The summed E-state index contributed by atoms with van der Waals surface area (Å²) in [6.07, 6.45) is 0. The summed E-state index contributed by atoms with van der Waals surface area (Å²) in [4.78, 5) is 15.9. The van der Waals surface area contributed by atoms with E-state index >= 15 is 0 Å². The van der Waals surface area contributed by atoms with Gasteiger partial charge in [0.25, 0.3) is 5.91 Å². The lowest BCUT2D eigenvalue weighted by molar-refractivity contribution is 0.0711. The predicted octanol–water partition coefficient (Wildman–Crippen LogP) is 3.11. The zero-order valence-electron chi connectivity index (χ0n) is 13.1. The summed E-state index contributed by atoms with van der Waals surface area (Å²) in [6.45, 7) is 3.68. The van der Waals surface area contributed by atoms with E-state index in [1.807, 2.05) is 11.5 Å². The molecule has 1 aliphatic rings. The highest BCUT2D eigenvalue weighted by atomic mass is 32.1. The third kappa shape index (κ3) is 2.50. The number of amides is 1. The van der Waals surface area contributed by atoms with Crippen molar-refractivity contribution in [1.29, 1.82) is 0 Å². The number of nitrogens with zero attached hydrogens (tertiary/aromatic N) is 4. The first-order valence-electron chi connectivity index (χ1n) is 7.66. The molecule has 0 spiro atoms. The number of halogens is 1. The Hall–Kier alpha value is -2.54. The molecule has 0 N–H and O–H groups in total. The highest BCUT2D eigenvalue weighted by Gasteiger charge is 2.25. The minimum Gasteiger partial charge on any atom is -0.329 e. The number of rotatable bonds is 2. The van der Waals surface area contributed by atoms with Crippen LogP contribution in [0.5, 0.6) is 0 Å². The Labute approximate surface area is 142 Å². The Kier molecular flexibility index (Phi) is 3.65. The molecule has 0 unspecified atom stereocenters. The molecule has 7 heteroatoms. The highest BCUT2D eigenvalue weighted by Crippen LogP contribution is 2.31. The zero-order chi connectivity index (χ0) is 16.7. The van der Waals surface area contributed by atoms with Gasteiger partial charge in [-0.25, -0.2) is 4.39 Å². The van der Waals surface area contributed by atoms with E-state index in [0.29, 0.717) is 30.1 Å². The fraction of sp³-hybridized carbons (Fsp3) is 0.235. The van der Waals surface area contributed by atoms with E-state index in [9.17, 15) is 9.18 Å². The normalized spacial score (nSPS) is 13.8. The minimum atomic E-state index is -0.278. The van der Waals surface area contributed by atoms with Crippen molar-refractivity contribution in [2.75, 3.05) is 6.54 Å². The van der Waals surface area contributed by atoms with Crippen molar-refractivity contribution in [1.82, 2.24) is 19.7 Å². The first-order chi connectivity index (χ1) is 11.6. The number of carbonyl (C=O) groups is 1. The molecule has 1 aliphatic heterocycles. The van der Waals surface area contributed by atoms with Gasteiger partial charge in [0.15, 0.2) is 5.82 Å². The van der Waals surface area contributed by atoms with Crippen LogP contribution >= 0.6 is 11.3 Å². The van der Waals surface area contributed by atoms with Crippen LogP contribution < -0.4 is 0 Å². The molecule has 4 rings (SSSR count). The van der Waals surface area contributed by atoms with Gasteiger partial charge in [0.05, 0.1) is 11.4 Å². The number of hydrogen-bond donors (Lipinski definition) is 0. The molecule has 0 radical (unpaired) electrons. The van der Waals surface area contributed by atoms with Gasteiger partial charge in [-0.1, -0.05) is 18.2 Å². The Balaban J connectivity index is 1.57. The third-order valence-corrected chi connectivity index (χ3v) is 5.29. The van der Waals surface area contributed by atoms with Crippen molar-refractivity contribution in [3.8, 4) is 10.4 Å². The van der Waals surface area contributed by atoms with E-state index in [2.05, 4.69) is 10.2 Å². The summed E-state index contributed by atoms with van der Waals surface area (Å²) >= 11 is 1.31. The van der Waals surface area contributed by atoms with E-state index in [4.69, 9.17) is 0 Å². The molecule has 0 bridgehead atoms. The zero-order valence-corrected chi connectivity index (χ0v) is 13.9. The fourth-order valence-corrected chi connectivity index (χ4v) is 3.89. The second kappa shape index (κ2) is 5.83. The van der Waals surface area contributed by atoms with Crippen molar-refractivity contribution in [3.05, 3.63) is 58.7 Å². The van der Waals surface area contributed by atoms with Gasteiger partial charge in [0.2, 0.25) is 0 Å². The monoisotopic (exact) mass is 342 g/mol. The molecule has 0 aliphatic carbocycles. The summed E-state index contributed by atoms with van der Waals surface area (Å²) < 4.78 is 15.9. The number of fused-ring (bicyclic) bond motifs is 1. The molecule has 24 heavy (non-hydrogen) atoms. The number of carbonyl (C=O) groups excluding carboxylic acids is 1. The molecule has 3 heterocycles. The second-order valence-corrected chi connectivity index (χ2v) is 6.77. The topological polar surface area (TPSA) is 51.0 Å². The molecule has 1 aromatic carbocycles. The second-order valence-electron chi connectivity index (χ2n) is 5.69. The average molecular weight is 342 g/mol. The van der Waals surface area contributed by atoms with E-state index in [1.165, 1.54) is 17.4 Å². The molecular weight excluding hydrogens is 327 g/mol. The number of aryl methyl sites for hydroxylation is 1. The lowest BCUT2D eigenvalue weighted by Gasteiger charge is -2.27. The Morgan fingerprint density at radius 2 is 2.00 bits per heavy atom. The van der Waals surface area contributed by atoms with Crippen LogP contribution in [-0.4, -0.2) is 32.1 Å². The molecule has 0 saturated carbocycles. The average Bonchev–Trinajstić information content (AvgIpc) is 3.22. The van der Waals surface area contributed by atoms with Crippen molar-refractivity contribution in [3.63, 3.8) is 0 Å². The van der Waals surface area contributed by atoms with Crippen LogP contribution in [0.2, 0.25) is 0 Å². The summed E-state index contributed by atoms with van der Waals surface area (Å²) in [6, 6.07) is 10.2. The fourth-order valence-electron chi connectivity index (χ4n) is 2.89. The van der Waals surface area contributed by atoms with Crippen LogP contribution in [0.25, 0.3) is 10.4 Å². The predicted molar refractivity (Wildman–Crippen MR) is 89.2 cm³/mol. The first-order valence-corrected chi connectivity index (χ1v) is 8.48. The molecule has 2 aromatic heterocycles. The van der Waals surface area contributed by atoms with Crippen molar-refractivity contribution >= 4 is 17.2 Å². The van der Waals surface area contributed by atoms with Crippen LogP contribution in [0, 0.1) is 12.7 Å². The van der Waals surface area contributed by atoms with E-state index < -0.39 is 0 Å². The maximum absolute atomic E-state index is 13.9. The molecule has 0 fully saturated rings. The smallest absolute Gasteiger partial charge is 0.264 e. The van der Waals surface area contributed by atoms with Gasteiger partial charge in [0.1, 0.15) is 11.6 Å². The molecule has 0 saturated heterocycles. The first kappa shape index (κ1) is 15.0. The van der Waals surface area contributed by atoms with E-state index in [-0.39, 0.29) is 11.7 Å². The van der Waals surface area contributed by atoms with Crippen LogP contribution in [0.3, 0.4) is 0 Å². The molecule has 5 nitrogen and oxygen atoms in total. The van der Waals surface area contributed by atoms with Gasteiger partial charge in [-0.15, -0.1) is 21.5 Å². The lowest BCUT2D eigenvalue weighted by Crippen LogP contribution is -2.38. The number of benzene rings is 1. The molecule has 3 aromatic rings. The maximum atomic E-state index is 13.9. The Bertz CT molecular complexity index is 917. The van der Waals surface area contributed by atoms with Gasteiger partial charge in [-0.05, 0) is 25.1 Å². The maximum Gasteiger partial charge on any atom is 0.264 e. The van der Waals surface area contributed by atoms with Gasteiger partial charge >= 0.3 is 0 Å². The highest BCUT2D eigenvalue weighted by molar-refractivity contribution is 7.17. The van der Waals surface area contributed by atoms with E-state index in [1.54, 1.807) is 35.2 Å². The molecule has 1 amide bonds. The minimum absolute atomic E-state index is 0.0468. The van der Waals surface area contributed by atoms with Crippen molar-refractivity contribution in [2.45, 2.75) is 20.0 Å². The van der Waals surface area contributed by atoms with Gasteiger partial charge in [0, 0.05) is 23.5 Å². The molecular formula is C17H15FN4OS. The molecule has 0 atom stereocenters. The van der Waals surface area contributed by atoms with Crippen molar-refractivity contribution < 1.29 is 9.18 Å². The third-order valence-electron chi connectivity index (χ3n) is 4.18. The number of aromatic nitrogens is 3. The number of thiophene rings is 1. The van der Waals surface area contributed by atoms with Crippen LogP contribution in [0.1, 0.15) is 21.3 Å². The van der Waals surface area contributed by atoms with Crippen molar-refractivity contribution in [2.24, 2.45) is 0 Å². The quantitative estimate of drug-likeness (QED) is 0.719. The molecule has 122 valence electrons. The summed E-state index contributed by atoms with van der Waals surface area (Å²) in [7, 11) is 0. The van der Waals surface area contributed by atoms with Crippen LogP contribution in [0.15, 0.2) is 36.4 Å². The Morgan fingerprint density at radius 1 is 1.17 bits per heavy atom. The summed E-state index contributed by atoms with van der Waals surface area (Å²) in [5.74, 6) is 1.35. The Morgan fingerprint density at radius 3 is 2.83 bits per heavy atom. The number of hydrogen-bond acceptors (Lipinski definition) is 4. The van der Waals surface area contributed by atoms with Gasteiger partial charge < -0.3 is 9.47 Å². The van der Waals surface area contributed by atoms with Gasteiger partial charge in [-0.3, -0.25) is 4.79 Å². The standard InChI is InChI=1S/C17H15FN4OS/c1-11-19-20-16-10-21(8-9-22(11)16)17(23)15-7-6-14(24-15)12-4-2-3-5-13(12)18/h2-7H,8-10H2,1H3. The lowest BCUT2D eigenvalue weighted by atomic mass is 10.2. The van der Waals surface area contributed by atoms with Crippen LogP contribution in [-0.2, 0) is 13.1 Å². The van der Waals surface area contributed by atoms with Crippen LogP contribution in [0.4, 0.5) is 4.39 Å². The van der Waals surface area contributed by atoms with E-state index in [0.717, 1.165) is 16.5 Å². The largest absolute Gasteiger partial charge is 0.329 e. The van der Waals surface area contributed by atoms with Gasteiger partial charge in [-0.2, -0.15) is 0 Å².